The first kappa shape index (κ1) is 18.3. The maximum atomic E-state index is 10.8. The molecule has 0 amide bonds. The summed E-state index contributed by atoms with van der Waals surface area (Å²) in [6.07, 6.45) is 0.200. The van der Waals surface area contributed by atoms with E-state index in [1.54, 1.807) is 0 Å². The second kappa shape index (κ2) is 7.13. The Balaban J connectivity index is 1.78. The van der Waals surface area contributed by atoms with E-state index in [0.717, 1.165) is 5.56 Å². The third-order valence-electron chi connectivity index (χ3n) is 4.57. The molecule has 3 heterocycles. The molecule has 2 aromatic heterocycles. The van der Waals surface area contributed by atoms with Gasteiger partial charge in [-0.2, -0.15) is 5.10 Å². The summed E-state index contributed by atoms with van der Waals surface area (Å²) in [5, 5.41) is 34.7. The van der Waals surface area contributed by atoms with Crippen molar-refractivity contribution in [2.45, 2.75) is 24.2 Å². The number of nitrogen functional groups attached to an aromatic ring is 1. The summed E-state index contributed by atoms with van der Waals surface area (Å²) in [6, 6.07) is 9.27. The van der Waals surface area contributed by atoms with Gasteiger partial charge in [0.2, 0.25) is 0 Å². The van der Waals surface area contributed by atoms with Crippen molar-refractivity contribution in [3.8, 4) is 0 Å². The molecule has 0 aliphatic carbocycles. The van der Waals surface area contributed by atoms with Crippen LogP contribution in [0, 0.1) is 0 Å². The van der Waals surface area contributed by atoms with Gasteiger partial charge >= 0.3 is 0 Å². The van der Waals surface area contributed by atoms with Crippen LogP contribution >= 0.6 is 0 Å². The number of hydrogen-bond donors (Lipinski definition) is 5. The minimum Gasteiger partial charge on any atom is -0.394 e. The van der Waals surface area contributed by atoms with Crippen molar-refractivity contribution < 1.29 is 20.1 Å². The highest BCUT2D eigenvalue weighted by atomic mass is 16.6. The molecule has 0 spiro atoms. The Labute approximate surface area is 159 Å². The molecule has 11 nitrogen and oxygen atoms in total. The fourth-order valence-electron chi connectivity index (χ4n) is 3.13. The number of aliphatic hydroxyl groups is 3. The Morgan fingerprint density at radius 3 is 2.75 bits per heavy atom. The molecule has 1 fully saturated rings. The Hall–Kier alpha value is -3.12. The zero-order valence-electron chi connectivity index (χ0n) is 14.6. The van der Waals surface area contributed by atoms with Crippen LogP contribution in [0.1, 0.15) is 5.56 Å². The first-order valence-electron chi connectivity index (χ1n) is 8.51. The normalized spacial score (nSPS) is 27.6. The maximum absolute atomic E-state index is 10.8. The summed E-state index contributed by atoms with van der Waals surface area (Å²) in [6.45, 7) is -0.506. The number of aromatic nitrogens is 4. The van der Waals surface area contributed by atoms with Crippen molar-refractivity contribution >= 4 is 23.2 Å². The number of fused-ring (bicyclic) bond motifs is 1. The summed E-state index contributed by atoms with van der Waals surface area (Å²) in [5.74, 6) is -1.62. The Bertz CT molecular complexity index is 996. The van der Waals surface area contributed by atoms with Crippen LogP contribution in [-0.2, 0) is 10.6 Å². The molecule has 0 unspecified atom stereocenters. The first-order chi connectivity index (χ1) is 13.6. The Morgan fingerprint density at radius 2 is 2.04 bits per heavy atom. The molecule has 0 radical (unpaired) electrons. The summed E-state index contributed by atoms with van der Waals surface area (Å²) >= 11 is 0. The first-order valence-corrected chi connectivity index (χ1v) is 8.51. The van der Waals surface area contributed by atoms with Crippen LogP contribution in [0.5, 0.6) is 0 Å². The highest BCUT2D eigenvalue weighted by Gasteiger charge is 2.56. The van der Waals surface area contributed by atoms with Crippen molar-refractivity contribution in [1.82, 2.24) is 24.9 Å². The van der Waals surface area contributed by atoms with E-state index in [2.05, 4.69) is 25.5 Å². The fraction of sp³-hybridized carbons (Fsp3) is 0.294. The van der Waals surface area contributed by atoms with Gasteiger partial charge in [0.1, 0.15) is 30.4 Å². The summed E-state index contributed by atoms with van der Waals surface area (Å²) < 4.78 is 7.17. The van der Waals surface area contributed by atoms with Crippen LogP contribution < -0.4 is 11.2 Å². The number of anilines is 1. The van der Waals surface area contributed by atoms with Gasteiger partial charge in [0.05, 0.1) is 12.8 Å². The van der Waals surface area contributed by atoms with Crippen molar-refractivity contribution in [3.05, 3.63) is 48.5 Å². The van der Waals surface area contributed by atoms with E-state index in [1.165, 1.54) is 23.4 Å². The number of nitrogens with one attached hydrogen (secondary N) is 1. The second-order valence-corrected chi connectivity index (χ2v) is 6.30. The van der Waals surface area contributed by atoms with Gasteiger partial charge in [-0.05, 0) is 5.56 Å². The molecule has 0 saturated carbocycles. The zero-order valence-corrected chi connectivity index (χ0v) is 14.6. The molecule has 4 atom stereocenters. The molecular weight excluding hydrogens is 366 g/mol. The van der Waals surface area contributed by atoms with Gasteiger partial charge < -0.3 is 25.8 Å². The minimum absolute atomic E-state index is 0.151. The van der Waals surface area contributed by atoms with E-state index in [0.29, 0.717) is 5.52 Å². The molecule has 1 saturated heterocycles. The number of aliphatic hydroxyl groups excluding tert-OH is 3. The van der Waals surface area contributed by atoms with Crippen LogP contribution in [0.3, 0.4) is 0 Å². The fourth-order valence-corrected chi connectivity index (χ4v) is 3.13. The molecule has 3 aromatic rings. The van der Waals surface area contributed by atoms with Gasteiger partial charge in [-0.25, -0.2) is 15.0 Å². The molecule has 4 rings (SSSR count). The molecule has 28 heavy (non-hydrogen) atoms. The van der Waals surface area contributed by atoms with E-state index in [9.17, 15) is 15.3 Å². The summed E-state index contributed by atoms with van der Waals surface area (Å²) in [4.78, 5) is 12.2. The standard InChI is InChI=1S/C17H19N7O4/c18-15-12-16(20-8-19-15)24(9-21-12)17(14(27)13(26)11(7-25)28-17)23-22-6-10-4-2-1-3-5-10/h1-6,8-9,11,13-14,23,25-27H,7H2,(H2,18,19,20)/t11-,13-,14-,17+/m1/s1. The molecule has 1 aliphatic heterocycles. The lowest BCUT2D eigenvalue weighted by Crippen LogP contribution is -2.54. The molecule has 1 aliphatic rings. The number of imidazole rings is 1. The summed E-state index contributed by atoms with van der Waals surface area (Å²) in [7, 11) is 0. The van der Waals surface area contributed by atoms with Crippen LogP contribution in [0.2, 0.25) is 0 Å². The quantitative estimate of drug-likeness (QED) is 0.267. The molecule has 0 bridgehead atoms. The number of rotatable bonds is 5. The SMILES string of the molecule is Nc1ncnc2c1ncn2[C@]1(NN=Cc2ccccc2)O[C@H](CO)[C@@H](O)[C@H]1O. The highest BCUT2D eigenvalue weighted by molar-refractivity contribution is 5.81. The van der Waals surface area contributed by atoms with Gasteiger partial charge in [0.25, 0.3) is 5.85 Å². The van der Waals surface area contributed by atoms with Gasteiger partial charge in [-0.1, -0.05) is 30.3 Å². The monoisotopic (exact) mass is 385 g/mol. The topological polar surface area (TPSA) is 164 Å². The van der Waals surface area contributed by atoms with Crippen molar-refractivity contribution in [2.24, 2.45) is 5.10 Å². The molecule has 146 valence electrons. The van der Waals surface area contributed by atoms with Crippen LogP contribution in [0.4, 0.5) is 5.82 Å². The van der Waals surface area contributed by atoms with Crippen LogP contribution in [0.25, 0.3) is 11.2 Å². The minimum atomic E-state index is -1.77. The Morgan fingerprint density at radius 1 is 1.25 bits per heavy atom. The van der Waals surface area contributed by atoms with Gasteiger partial charge in [-0.15, -0.1) is 0 Å². The number of hydrazone groups is 1. The number of ether oxygens (including phenoxy) is 1. The lowest BCUT2D eigenvalue weighted by molar-refractivity contribution is -0.167. The largest absolute Gasteiger partial charge is 0.394 e. The van der Waals surface area contributed by atoms with E-state index in [-0.39, 0.29) is 11.5 Å². The van der Waals surface area contributed by atoms with Crippen molar-refractivity contribution in [2.75, 3.05) is 12.3 Å². The van der Waals surface area contributed by atoms with Gasteiger partial charge in [0.15, 0.2) is 17.6 Å². The Kier molecular flexibility index (Phi) is 4.65. The number of nitrogens with two attached hydrogens (primary N) is 1. The lowest BCUT2D eigenvalue weighted by atomic mass is 10.1. The van der Waals surface area contributed by atoms with Crippen LogP contribution in [0.15, 0.2) is 48.1 Å². The number of nitrogens with zero attached hydrogens (tertiary/aromatic N) is 5. The lowest BCUT2D eigenvalue weighted by Gasteiger charge is -2.32. The van der Waals surface area contributed by atoms with Gasteiger partial charge in [0, 0.05) is 0 Å². The maximum Gasteiger partial charge on any atom is 0.270 e. The molecule has 6 N–H and O–H groups in total. The van der Waals surface area contributed by atoms with E-state index in [4.69, 9.17) is 10.5 Å². The average Bonchev–Trinajstić information content (AvgIpc) is 3.25. The number of hydrogen-bond acceptors (Lipinski definition) is 10. The van der Waals surface area contributed by atoms with E-state index >= 15 is 0 Å². The predicted molar refractivity (Wildman–Crippen MR) is 98.9 cm³/mol. The van der Waals surface area contributed by atoms with Gasteiger partial charge in [-0.3, -0.25) is 9.99 Å². The molecular formula is C17H19N7O4. The highest BCUT2D eigenvalue weighted by Crippen LogP contribution is 2.35. The van der Waals surface area contributed by atoms with Crippen LogP contribution in [-0.4, -0.2) is 66.0 Å². The smallest absolute Gasteiger partial charge is 0.270 e. The van der Waals surface area contributed by atoms with E-state index < -0.39 is 30.8 Å². The predicted octanol–water partition coefficient (Wildman–Crippen LogP) is -1.24. The number of benzene rings is 1. The van der Waals surface area contributed by atoms with Crippen molar-refractivity contribution in [1.29, 1.82) is 0 Å². The molecule has 1 aromatic carbocycles. The average molecular weight is 385 g/mol. The molecule has 11 heteroatoms. The third-order valence-corrected chi connectivity index (χ3v) is 4.57. The second-order valence-electron chi connectivity index (χ2n) is 6.30. The third kappa shape index (κ3) is 2.86. The zero-order chi connectivity index (χ0) is 19.7. The summed E-state index contributed by atoms with van der Waals surface area (Å²) in [5.41, 5.74) is 9.95. The van der Waals surface area contributed by atoms with E-state index in [1.807, 2.05) is 30.3 Å². The van der Waals surface area contributed by atoms with Crippen molar-refractivity contribution in [3.63, 3.8) is 0 Å².